The lowest BCUT2D eigenvalue weighted by Crippen LogP contribution is -2.24. The van der Waals surface area contributed by atoms with Gasteiger partial charge in [-0.25, -0.2) is 9.97 Å². The number of thiophene rings is 1. The lowest BCUT2D eigenvalue weighted by atomic mass is 10.0. The van der Waals surface area contributed by atoms with Crippen LogP contribution in [-0.2, 0) is 6.18 Å². The molecule has 0 unspecified atom stereocenters. The lowest BCUT2D eigenvalue weighted by Gasteiger charge is -2.17. The molecular formula is C23H20F3N3OS. The maximum atomic E-state index is 12.9. The summed E-state index contributed by atoms with van der Waals surface area (Å²) >= 11 is 1.60. The second-order valence-electron chi connectivity index (χ2n) is 7.10. The quantitative estimate of drug-likeness (QED) is 0.356. The molecule has 4 rings (SSSR count). The van der Waals surface area contributed by atoms with Crippen LogP contribution in [0.4, 0.5) is 19.0 Å². The Hall–Kier alpha value is -3.13. The van der Waals surface area contributed by atoms with Gasteiger partial charge >= 0.3 is 6.18 Å². The zero-order chi connectivity index (χ0) is 22.0. The SMILES string of the molecule is Cc1sc2cc(OCCN(C)c3ccncn3)ccc2c1-c1ccc(C(F)(F)F)cc1. The Morgan fingerprint density at radius 3 is 2.52 bits per heavy atom. The van der Waals surface area contributed by atoms with Gasteiger partial charge in [0.2, 0.25) is 0 Å². The van der Waals surface area contributed by atoms with Gasteiger partial charge in [0.15, 0.2) is 0 Å². The van der Waals surface area contributed by atoms with E-state index in [1.165, 1.54) is 18.5 Å². The minimum Gasteiger partial charge on any atom is -0.492 e. The Morgan fingerprint density at radius 2 is 1.84 bits per heavy atom. The summed E-state index contributed by atoms with van der Waals surface area (Å²) in [6, 6.07) is 13.0. The van der Waals surface area contributed by atoms with Crippen molar-refractivity contribution >= 4 is 27.2 Å². The summed E-state index contributed by atoms with van der Waals surface area (Å²) in [5, 5.41) is 1.01. The van der Waals surface area contributed by atoms with Crippen LogP contribution in [-0.4, -0.2) is 30.2 Å². The van der Waals surface area contributed by atoms with E-state index in [4.69, 9.17) is 4.74 Å². The molecule has 0 radical (unpaired) electrons. The van der Waals surface area contributed by atoms with Crippen molar-refractivity contribution in [1.29, 1.82) is 0 Å². The van der Waals surface area contributed by atoms with Crippen molar-refractivity contribution in [2.45, 2.75) is 13.1 Å². The molecule has 0 aliphatic rings. The third-order valence-corrected chi connectivity index (χ3v) is 6.06. The molecule has 0 fully saturated rings. The maximum Gasteiger partial charge on any atom is 0.416 e. The van der Waals surface area contributed by atoms with E-state index in [0.717, 1.165) is 49.8 Å². The highest BCUT2D eigenvalue weighted by atomic mass is 32.1. The highest BCUT2D eigenvalue weighted by Gasteiger charge is 2.30. The number of nitrogens with zero attached hydrogens (tertiary/aromatic N) is 3. The Balaban J connectivity index is 1.49. The van der Waals surface area contributed by atoms with Gasteiger partial charge in [-0.3, -0.25) is 0 Å². The minimum absolute atomic E-state index is 0.488. The fourth-order valence-corrected chi connectivity index (χ4v) is 4.51. The number of fused-ring (bicyclic) bond motifs is 1. The van der Waals surface area contributed by atoms with Crippen molar-refractivity contribution < 1.29 is 17.9 Å². The number of halogens is 3. The molecule has 0 bridgehead atoms. The average Bonchev–Trinajstić information content (AvgIpc) is 3.08. The number of ether oxygens (including phenoxy) is 1. The highest BCUT2D eigenvalue weighted by Crippen LogP contribution is 2.40. The first-order valence-electron chi connectivity index (χ1n) is 9.63. The first-order chi connectivity index (χ1) is 14.8. The molecule has 0 N–H and O–H groups in total. The first-order valence-corrected chi connectivity index (χ1v) is 10.5. The molecule has 0 aliphatic carbocycles. The van der Waals surface area contributed by atoms with Gasteiger partial charge in [-0.15, -0.1) is 11.3 Å². The number of hydrogen-bond donors (Lipinski definition) is 0. The van der Waals surface area contributed by atoms with Crippen LogP contribution < -0.4 is 9.64 Å². The molecular weight excluding hydrogens is 423 g/mol. The molecule has 0 saturated carbocycles. The van der Waals surface area contributed by atoms with Crippen LogP contribution >= 0.6 is 11.3 Å². The number of rotatable bonds is 6. The van der Waals surface area contributed by atoms with E-state index in [-0.39, 0.29) is 0 Å². The van der Waals surface area contributed by atoms with Crippen LogP contribution in [0.15, 0.2) is 61.1 Å². The molecule has 8 heteroatoms. The Morgan fingerprint density at radius 1 is 1.06 bits per heavy atom. The number of alkyl halides is 3. The summed E-state index contributed by atoms with van der Waals surface area (Å²) in [6.45, 7) is 3.13. The number of anilines is 1. The molecule has 2 aromatic carbocycles. The molecule has 0 amide bonds. The highest BCUT2D eigenvalue weighted by molar-refractivity contribution is 7.19. The van der Waals surface area contributed by atoms with Crippen LogP contribution in [0.2, 0.25) is 0 Å². The molecule has 4 aromatic rings. The molecule has 2 aromatic heterocycles. The largest absolute Gasteiger partial charge is 0.492 e. The van der Waals surface area contributed by atoms with Crippen molar-refractivity contribution in [3.8, 4) is 16.9 Å². The van der Waals surface area contributed by atoms with Crippen LogP contribution in [0.5, 0.6) is 5.75 Å². The van der Waals surface area contributed by atoms with E-state index in [9.17, 15) is 13.2 Å². The third kappa shape index (κ3) is 4.64. The number of likely N-dealkylation sites (N-methyl/N-ethyl adjacent to an activating group) is 1. The second-order valence-corrected chi connectivity index (χ2v) is 8.36. The number of benzene rings is 2. The summed E-state index contributed by atoms with van der Waals surface area (Å²) in [6.07, 6.45) is -1.13. The molecule has 160 valence electrons. The average molecular weight is 443 g/mol. The molecule has 4 nitrogen and oxygen atoms in total. The van der Waals surface area contributed by atoms with E-state index >= 15 is 0 Å². The first kappa shape index (κ1) is 21.1. The monoisotopic (exact) mass is 443 g/mol. The van der Waals surface area contributed by atoms with Crippen molar-refractivity contribution in [1.82, 2.24) is 9.97 Å². The summed E-state index contributed by atoms with van der Waals surface area (Å²) in [5.41, 5.74) is 1.09. The third-order valence-electron chi connectivity index (χ3n) is 4.99. The summed E-state index contributed by atoms with van der Waals surface area (Å²) in [4.78, 5) is 11.2. The number of aromatic nitrogens is 2. The van der Waals surface area contributed by atoms with Gasteiger partial charge in [0.1, 0.15) is 24.5 Å². The zero-order valence-electron chi connectivity index (χ0n) is 17.0. The number of aryl methyl sites for hydroxylation is 1. The van der Waals surface area contributed by atoms with Gasteiger partial charge in [-0.1, -0.05) is 12.1 Å². The van der Waals surface area contributed by atoms with E-state index < -0.39 is 11.7 Å². The zero-order valence-corrected chi connectivity index (χ0v) is 17.8. The van der Waals surface area contributed by atoms with Crippen LogP contribution in [0.25, 0.3) is 21.2 Å². The molecule has 0 spiro atoms. The van der Waals surface area contributed by atoms with E-state index in [1.807, 2.05) is 43.1 Å². The molecule has 0 atom stereocenters. The van der Waals surface area contributed by atoms with Crippen molar-refractivity contribution in [2.24, 2.45) is 0 Å². The normalized spacial score (nSPS) is 11.6. The van der Waals surface area contributed by atoms with Crippen LogP contribution in [0, 0.1) is 6.92 Å². The fraction of sp³-hybridized carbons (Fsp3) is 0.217. The maximum absolute atomic E-state index is 12.9. The predicted octanol–water partition coefficient (Wildman–Crippen LogP) is 6.20. The summed E-state index contributed by atoms with van der Waals surface area (Å²) < 4.78 is 45.5. The number of hydrogen-bond acceptors (Lipinski definition) is 5. The van der Waals surface area contributed by atoms with Gasteiger partial charge in [-0.2, -0.15) is 13.2 Å². The van der Waals surface area contributed by atoms with Crippen LogP contribution in [0.1, 0.15) is 10.4 Å². The molecule has 0 aliphatic heterocycles. The fourth-order valence-electron chi connectivity index (χ4n) is 3.40. The van der Waals surface area contributed by atoms with Crippen LogP contribution in [0.3, 0.4) is 0 Å². The second kappa shape index (κ2) is 8.55. The van der Waals surface area contributed by atoms with Gasteiger partial charge in [0.25, 0.3) is 0 Å². The molecule has 2 heterocycles. The van der Waals surface area contributed by atoms with E-state index in [2.05, 4.69) is 9.97 Å². The molecule has 31 heavy (non-hydrogen) atoms. The standard InChI is InChI=1S/C23H20F3N3OS/c1-15-22(16-3-5-17(6-4-16)23(24,25)26)19-8-7-18(13-20(19)31-15)30-12-11-29(2)21-9-10-27-14-28-21/h3-10,13-14H,11-12H2,1-2H3. The van der Waals surface area contributed by atoms with E-state index in [0.29, 0.717) is 13.2 Å². The van der Waals surface area contributed by atoms with Gasteiger partial charge in [0.05, 0.1) is 12.1 Å². The van der Waals surface area contributed by atoms with Crippen molar-refractivity contribution in [3.05, 3.63) is 71.5 Å². The predicted molar refractivity (Wildman–Crippen MR) is 118 cm³/mol. The lowest BCUT2D eigenvalue weighted by molar-refractivity contribution is -0.137. The topological polar surface area (TPSA) is 38.2 Å². The Labute approximate surface area is 182 Å². The van der Waals surface area contributed by atoms with E-state index in [1.54, 1.807) is 17.5 Å². The van der Waals surface area contributed by atoms with Crippen molar-refractivity contribution in [2.75, 3.05) is 25.1 Å². The summed E-state index contributed by atoms with van der Waals surface area (Å²) in [5.74, 6) is 1.58. The Bertz CT molecular complexity index is 1170. The Kier molecular flexibility index (Phi) is 5.82. The van der Waals surface area contributed by atoms with Gasteiger partial charge in [-0.05, 0) is 48.9 Å². The summed E-state index contributed by atoms with van der Waals surface area (Å²) in [7, 11) is 1.94. The van der Waals surface area contributed by atoms with Gasteiger partial charge < -0.3 is 9.64 Å². The van der Waals surface area contributed by atoms with Gasteiger partial charge in [0, 0.05) is 33.8 Å². The molecule has 0 saturated heterocycles. The minimum atomic E-state index is -4.34. The van der Waals surface area contributed by atoms with Crippen molar-refractivity contribution in [3.63, 3.8) is 0 Å². The smallest absolute Gasteiger partial charge is 0.416 e.